The number of carbonyl (C=O) groups is 1. The monoisotopic (exact) mass is 107 g/mol. The lowest BCUT2D eigenvalue weighted by Gasteiger charge is -1.64. The number of rotatable bonds is 1. The quantitative estimate of drug-likeness (QED) is 0.502. The smallest absolute Gasteiger partial charge is 0.206 e. The SMILES string of the molecule is C.C.C.CNC=O. The molecule has 0 aliphatic rings. The van der Waals surface area contributed by atoms with E-state index in [1.165, 1.54) is 0 Å². The van der Waals surface area contributed by atoms with E-state index in [0.29, 0.717) is 6.41 Å². The lowest BCUT2D eigenvalue weighted by molar-refractivity contribution is -0.109. The van der Waals surface area contributed by atoms with Crippen molar-refractivity contribution in [2.45, 2.75) is 22.3 Å². The summed E-state index contributed by atoms with van der Waals surface area (Å²) in [7, 11) is 1.56. The van der Waals surface area contributed by atoms with E-state index in [1.807, 2.05) is 0 Å². The molecule has 0 saturated heterocycles. The molecule has 0 atom stereocenters. The molecule has 0 rings (SSSR count). The van der Waals surface area contributed by atoms with Crippen LogP contribution in [0.5, 0.6) is 0 Å². The fraction of sp³-hybridized carbons (Fsp3) is 0.800. The van der Waals surface area contributed by atoms with E-state index in [-0.39, 0.29) is 22.3 Å². The van der Waals surface area contributed by atoms with Crippen LogP contribution >= 0.6 is 0 Å². The van der Waals surface area contributed by atoms with Crippen molar-refractivity contribution in [1.82, 2.24) is 5.32 Å². The maximum atomic E-state index is 9.06. The molecule has 0 radical (unpaired) electrons. The van der Waals surface area contributed by atoms with Crippen LogP contribution in [0.15, 0.2) is 0 Å². The molecule has 1 N–H and O–H groups in total. The molecule has 0 unspecified atom stereocenters. The molecule has 2 heteroatoms. The Morgan fingerprint density at radius 3 is 1.43 bits per heavy atom. The summed E-state index contributed by atoms with van der Waals surface area (Å²) >= 11 is 0. The van der Waals surface area contributed by atoms with Crippen LogP contribution in [0.4, 0.5) is 0 Å². The van der Waals surface area contributed by atoms with Crippen LogP contribution < -0.4 is 5.32 Å². The van der Waals surface area contributed by atoms with Crippen molar-refractivity contribution >= 4 is 6.41 Å². The third-order valence-corrected chi connectivity index (χ3v) is 0.118. The Kier molecular flexibility index (Phi) is 229. The molecular weight excluding hydrogens is 90.1 g/mol. The van der Waals surface area contributed by atoms with Crippen LogP contribution in [0.25, 0.3) is 0 Å². The highest BCUT2D eigenvalue weighted by atomic mass is 16.1. The molecule has 7 heavy (non-hydrogen) atoms. The number of nitrogens with one attached hydrogen (secondary N) is 1. The number of carbonyl (C=O) groups excluding carboxylic acids is 1. The minimum atomic E-state index is 0. The highest BCUT2D eigenvalue weighted by Gasteiger charge is 1.43. The topological polar surface area (TPSA) is 29.1 Å². The van der Waals surface area contributed by atoms with Crippen LogP contribution in [0.1, 0.15) is 22.3 Å². The molecule has 0 aliphatic carbocycles. The summed E-state index contributed by atoms with van der Waals surface area (Å²) in [4.78, 5) is 9.06. The lowest BCUT2D eigenvalue weighted by atomic mass is 11.2. The van der Waals surface area contributed by atoms with E-state index in [9.17, 15) is 0 Å². The van der Waals surface area contributed by atoms with E-state index in [1.54, 1.807) is 7.05 Å². The highest BCUT2D eigenvalue weighted by Crippen LogP contribution is 1.09. The zero-order valence-electron chi connectivity index (χ0n) is 2.49. The Morgan fingerprint density at radius 2 is 1.43 bits per heavy atom. The zero-order valence-corrected chi connectivity index (χ0v) is 2.49. The van der Waals surface area contributed by atoms with Gasteiger partial charge in [0.2, 0.25) is 6.41 Å². The van der Waals surface area contributed by atoms with E-state index < -0.39 is 0 Å². The number of hydrogen-bond donors (Lipinski definition) is 1. The summed E-state index contributed by atoms with van der Waals surface area (Å²) in [6.07, 6.45) is 0.625. The van der Waals surface area contributed by atoms with Crippen molar-refractivity contribution in [2.75, 3.05) is 7.05 Å². The number of amides is 1. The standard InChI is InChI=1S/C2H5NO.3CH4/c1-3-2-4;;;/h2H,1H3,(H,3,4);3*1H4. The van der Waals surface area contributed by atoms with E-state index in [0.717, 1.165) is 0 Å². The van der Waals surface area contributed by atoms with Gasteiger partial charge in [0.1, 0.15) is 0 Å². The van der Waals surface area contributed by atoms with Gasteiger partial charge in [0.15, 0.2) is 0 Å². The second kappa shape index (κ2) is 50.6. The first-order valence-corrected chi connectivity index (χ1v) is 1.02. The summed E-state index contributed by atoms with van der Waals surface area (Å²) in [6.45, 7) is 0. The summed E-state index contributed by atoms with van der Waals surface area (Å²) in [5.41, 5.74) is 0. The minimum Gasteiger partial charge on any atom is -0.362 e. The van der Waals surface area contributed by atoms with Gasteiger partial charge in [-0.3, -0.25) is 4.79 Å². The van der Waals surface area contributed by atoms with Crippen LogP contribution in [-0.2, 0) is 4.79 Å². The molecule has 2 nitrogen and oxygen atoms in total. The Bertz CT molecular complexity index is 22.0. The van der Waals surface area contributed by atoms with Gasteiger partial charge in [-0.25, -0.2) is 0 Å². The maximum Gasteiger partial charge on any atom is 0.206 e. The molecule has 0 aliphatic heterocycles. The van der Waals surface area contributed by atoms with Gasteiger partial charge in [-0.05, 0) is 0 Å². The zero-order chi connectivity index (χ0) is 3.41. The highest BCUT2D eigenvalue weighted by molar-refractivity contribution is 5.44. The van der Waals surface area contributed by atoms with E-state index in [4.69, 9.17) is 4.79 Å². The molecule has 0 fully saturated rings. The minimum absolute atomic E-state index is 0. The molecular formula is C5H17NO. The maximum absolute atomic E-state index is 9.06. The first-order chi connectivity index (χ1) is 1.91. The van der Waals surface area contributed by atoms with Crippen molar-refractivity contribution in [3.05, 3.63) is 0 Å². The number of hydrogen-bond acceptors (Lipinski definition) is 1. The fourth-order valence-electron chi connectivity index (χ4n) is 0. The Hall–Kier alpha value is -0.530. The predicted octanol–water partition coefficient (Wildman–Crippen LogP) is 1.27. The van der Waals surface area contributed by atoms with Gasteiger partial charge in [-0.1, -0.05) is 22.3 Å². The van der Waals surface area contributed by atoms with Gasteiger partial charge >= 0.3 is 0 Å². The van der Waals surface area contributed by atoms with E-state index >= 15 is 0 Å². The summed E-state index contributed by atoms with van der Waals surface area (Å²) < 4.78 is 0. The van der Waals surface area contributed by atoms with Crippen molar-refractivity contribution in [1.29, 1.82) is 0 Å². The van der Waals surface area contributed by atoms with Crippen LogP contribution in [-0.4, -0.2) is 13.5 Å². The summed E-state index contributed by atoms with van der Waals surface area (Å²) in [5, 5.41) is 2.25. The van der Waals surface area contributed by atoms with Crippen LogP contribution in [0.2, 0.25) is 0 Å². The second-order valence-corrected chi connectivity index (χ2v) is 0.407. The summed E-state index contributed by atoms with van der Waals surface area (Å²) in [5.74, 6) is 0. The van der Waals surface area contributed by atoms with Gasteiger partial charge in [-0.2, -0.15) is 0 Å². The summed E-state index contributed by atoms with van der Waals surface area (Å²) in [6, 6.07) is 0. The van der Waals surface area contributed by atoms with Gasteiger partial charge in [0, 0.05) is 7.05 Å². The average Bonchev–Trinajstić information content (AvgIpc) is 1.37. The molecule has 0 bridgehead atoms. The van der Waals surface area contributed by atoms with Crippen molar-refractivity contribution in [2.24, 2.45) is 0 Å². The van der Waals surface area contributed by atoms with Crippen LogP contribution in [0, 0.1) is 0 Å². The molecule has 0 aromatic carbocycles. The second-order valence-electron chi connectivity index (χ2n) is 0.407. The van der Waals surface area contributed by atoms with Gasteiger partial charge in [-0.15, -0.1) is 0 Å². The first-order valence-electron chi connectivity index (χ1n) is 1.02. The third-order valence-electron chi connectivity index (χ3n) is 0.118. The molecule has 0 aromatic heterocycles. The van der Waals surface area contributed by atoms with Crippen molar-refractivity contribution < 1.29 is 4.79 Å². The van der Waals surface area contributed by atoms with Gasteiger partial charge < -0.3 is 5.32 Å². The predicted molar refractivity (Wildman–Crippen MR) is 35.3 cm³/mol. The van der Waals surface area contributed by atoms with E-state index in [2.05, 4.69) is 5.32 Å². The molecule has 1 amide bonds. The lowest BCUT2D eigenvalue weighted by Crippen LogP contribution is -1.98. The largest absolute Gasteiger partial charge is 0.362 e. The van der Waals surface area contributed by atoms with Gasteiger partial charge in [0.25, 0.3) is 0 Å². The molecule has 0 heterocycles. The molecule has 0 aromatic rings. The third kappa shape index (κ3) is 298. The molecule has 0 spiro atoms. The first kappa shape index (κ1) is 31.7. The molecule has 48 valence electrons. The molecule has 0 saturated carbocycles. The van der Waals surface area contributed by atoms with Crippen LogP contribution in [0.3, 0.4) is 0 Å². The Labute approximate surface area is 46.9 Å². The van der Waals surface area contributed by atoms with Gasteiger partial charge in [0.05, 0.1) is 0 Å². The normalized spacial score (nSPS) is 3.00. The van der Waals surface area contributed by atoms with Crippen molar-refractivity contribution in [3.63, 3.8) is 0 Å². The Balaban J connectivity index is -0.0000000150. The Morgan fingerprint density at radius 1 is 1.29 bits per heavy atom. The van der Waals surface area contributed by atoms with Crippen molar-refractivity contribution in [3.8, 4) is 0 Å². The average molecular weight is 107 g/mol. The fourth-order valence-corrected chi connectivity index (χ4v) is 0.